The van der Waals surface area contributed by atoms with Crippen molar-refractivity contribution in [1.29, 1.82) is 0 Å². The topological polar surface area (TPSA) is 66.3 Å². The molecule has 0 saturated carbocycles. The minimum atomic E-state index is 0.685. The van der Waals surface area contributed by atoms with E-state index < -0.39 is 0 Å². The van der Waals surface area contributed by atoms with E-state index in [4.69, 9.17) is 19.9 Å². The Hall–Kier alpha value is -9.46. The lowest BCUT2D eigenvalue weighted by atomic mass is 10.0. The summed E-state index contributed by atoms with van der Waals surface area (Å²) in [7, 11) is 0. The van der Waals surface area contributed by atoms with Gasteiger partial charge in [0.25, 0.3) is 0 Å². The molecule has 6 heterocycles. The number of fused-ring (bicyclic) bond motifs is 9. The summed E-state index contributed by atoms with van der Waals surface area (Å²) in [5.74, 6) is 1.50. The number of pyridine rings is 2. The highest BCUT2D eigenvalue weighted by molar-refractivity contribution is 6.13. The minimum Gasteiger partial charge on any atom is -0.308 e. The second-order valence-electron chi connectivity index (χ2n) is 17.5. The van der Waals surface area contributed by atoms with Gasteiger partial charge in [0.05, 0.1) is 56.2 Å². The van der Waals surface area contributed by atoms with E-state index in [-0.39, 0.29) is 0 Å². The van der Waals surface area contributed by atoms with Gasteiger partial charge in [-0.15, -0.1) is 0 Å². The molecule has 0 N–H and O–H groups in total. The molecule has 0 bridgehead atoms. The van der Waals surface area contributed by atoms with Crippen LogP contribution in [0, 0.1) is 0 Å². The van der Waals surface area contributed by atoms with Crippen molar-refractivity contribution in [2.75, 3.05) is 0 Å². The monoisotopic (exact) mass is 881 g/mol. The van der Waals surface area contributed by atoms with Crippen LogP contribution < -0.4 is 0 Å². The summed E-state index contributed by atoms with van der Waals surface area (Å²) in [5.41, 5.74) is 16.9. The first kappa shape index (κ1) is 38.8. The fourth-order valence-electron chi connectivity index (χ4n) is 10.4. The molecule has 0 unspecified atom stereocenters. The largest absolute Gasteiger partial charge is 0.308 e. The van der Waals surface area contributed by atoms with Crippen molar-refractivity contribution in [3.8, 4) is 62.1 Å². The van der Waals surface area contributed by atoms with Crippen molar-refractivity contribution in [2.45, 2.75) is 0 Å². The zero-order valence-corrected chi connectivity index (χ0v) is 37.1. The third-order valence-electron chi connectivity index (χ3n) is 13.6. The lowest BCUT2D eigenvalue weighted by molar-refractivity contribution is 1.05. The second-order valence-corrected chi connectivity index (χ2v) is 17.5. The Labute approximate surface area is 396 Å². The molecule has 7 nitrogen and oxygen atoms in total. The van der Waals surface area contributed by atoms with Crippen LogP contribution in [0.5, 0.6) is 0 Å². The van der Waals surface area contributed by atoms with Crippen molar-refractivity contribution in [2.24, 2.45) is 0 Å². The maximum Gasteiger partial charge on any atom is 0.162 e. The first-order valence-corrected chi connectivity index (χ1v) is 23.2. The van der Waals surface area contributed by atoms with Crippen LogP contribution in [0.4, 0.5) is 0 Å². The van der Waals surface area contributed by atoms with Crippen LogP contribution in [0.25, 0.3) is 128 Å². The summed E-state index contributed by atoms with van der Waals surface area (Å²) in [5, 5.41) is 5.79. The molecular formula is C62H39N7. The Morgan fingerprint density at radius 3 is 1.65 bits per heavy atom. The zero-order valence-electron chi connectivity index (χ0n) is 37.1. The molecule has 8 aromatic carbocycles. The zero-order chi connectivity index (χ0) is 45.4. The molecule has 14 rings (SSSR count). The third kappa shape index (κ3) is 6.29. The van der Waals surface area contributed by atoms with Gasteiger partial charge in [0.2, 0.25) is 0 Å². The van der Waals surface area contributed by atoms with Gasteiger partial charge < -0.3 is 9.13 Å². The minimum absolute atomic E-state index is 0.685. The summed E-state index contributed by atoms with van der Waals surface area (Å²) in [6, 6.07) is 77.3. The predicted octanol–water partition coefficient (Wildman–Crippen LogP) is 15.2. The molecule has 7 heteroatoms. The summed E-state index contributed by atoms with van der Waals surface area (Å²) in [6.45, 7) is 0. The summed E-state index contributed by atoms with van der Waals surface area (Å²) < 4.78 is 6.94. The van der Waals surface area contributed by atoms with Gasteiger partial charge in [0.15, 0.2) is 5.82 Å². The molecule has 6 aromatic heterocycles. The van der Waals surface area contributed by atoms with Gasteiger partial charge in [-0.25, -0.2) is 9.97 Å². The van der Waals surface area contributed by atoms with Crippen molar-refractivity contribution < 1.29 is 0 Å². The molecule has 0 saturated heterocycles. The molecule has 69 heavy (non-hydrogen) atoms. The highest BCUT2D eigenvalue weighted by Gasteiger charge is 2.20. The molecule has 0 radical (unpaired) electrons. The van der Waals surface area contributed by atoms with Crippen LogP contribution in [0.1, 0.15) is 0 Å². The molecule has 0 spiro atoms. The second kappa shape index (κ2) is 15.6. The first-order valence-electron chi connectivity index (χ1n) is 23.2. The van der Waals surface area contributed by atoms with E-state index >= 15 is 0 Å². The Morgan fingerprint density at radius 1 is 0.304 bits per heavy atom. The summed E-state index contributed by atoms with van der Waals surface area (Å²) in [6.07, 6.45) is 5.82. The molecular weight excluding hydrogens is 843 g/mol. The fourth-order valence-corrected chi connectivity index (χ4v) is 10.4. The predicted molar refractivity (Wildman–Crippen MR) is 282 cm³/mol. The van der Waals surface area contributed by atoms with Crippen molar-refractivity contribution in [1.82, 2.24) is 33.6 Å². The SMILES string of the molecule is c1ccc(-c2cc(-n3c4ccccc4c4cc(-c5ccc6c7ccccc7n(-c7cncc(-c8ccc9c(c8)c8ncccc8n9-c8ccccc8)c7)c6c5)ccc43)nc(-c3ccccc3)n2)cc1. The van der Waals surface area contributed by atoms with Gasteiger partial charge in [0.1, 0.15) is 5.82 Å². The van der Waals surface area contributed by atoms with Crippen LogP contribution in [-0.2, 0) is 0 Å². The van der Waals surface area contributed by atoms with Crippen molar-refractivity contribution in [3.63, 3.8) is 0 Å². The Morgan fingerprint density at radius 2 is 0.870 bits per heavy atom. The van der Waals surface area contributed by atoms with E-state index in [9.17, 15) is 0 Å². The van der Waals surface area contributed by atoms with E-state index in [1.54, 1.807) is 0 Å². The number of rotatable bonds is 7. The van der Waals surface area contributed by atoms with E-state index in [0.717, 1.165) is 111 Å². The Bertz CT molecular complexity index is 4240. The first-order chi connectivity index (χ1) is 34.2. The van der Waals surface area contributed by atoms with Crippen molar-refractivity contribution >= 4 is 65.5 Å². The molecule has 322 valence electrons. The van der Waals surface area contributed by atoms with Gasteiger partial charge in [-0.05, 0) is 89.5 Å². The lowest BCUT2D eigenvalue weighted by Crippen LogP contribution is -2.02. The maximum absolute atomic E-state index is 5.25. The van der Waals surface area contributed by atoms with Gasteiger partial charge in [-0.2, -0.15) is 0 Å². The lowest BCUT2D eigenvalue weighted by Gasteiger charge is -2.12. The quantitative estimate of drug-likeness (QED) is 0.160. The van der Waals surface area contributed by atoms with Gasteiger partial charge in [-0.3, -0.25) is 14.5 Å². The van der Waals surface area contributed by atoms with Gasteiger partial charge in [0, 0.05) is 67.8 Å². The molecule has 0 amide bonds. The number of para-hydroxylation sites is 3. The van der Waals surface area contributed by atoms with Crippen molar-refractivity contribution in [3.05, 3.63) is 237 Å². The summed E-state index contributed by atoms with van der Waals surface area (Å²) >= 11 is 0. The highest BCUT2D eigenvalue weighted by atomic mass is 15.1. The van der Waals surface area contributed by atoms with E-state index in [1.165, 1.54) is 10.8 Å². The molecule has 0 aliphatic rings. The van der Waals surface area contributed by atoms with E-state index in [0.29, 0.717) is 5.82 Å². The standard InChI is InChI=1S/C62H39N7/c1-4-15-40(16-5-1)53-37-60(66-62(65-53)41-17-6-2-7-18-41)69-55-24-13-11-22-49(55)51-34-42(27-30-56(51)69)44-26-29-50-48-21-10-12-23-54(48)68(59(50)36-44)47-33-45(38-63-39-47)43-28-31-57-52(35-43)61-58(25-14-32-64-61)67(57)46-19-8-3-9-20-46/h1-39H. The van der Waals surface area contributed by atoms with Crippen LogP contribution in [0.3, 0.4) is 0 Å². The van der Waals surface area contributed by atoms with Gasteiger partial charge in [-0.1, -0.05) is 140 Å². The smallest absolute Gasteiger partial charge is 0.162 e. The van der Waals surface area contributed by atoms with Crippen LogP contribution >= 0.6 is 0 Å². The number of hydrogen-bond donors (Lipinski definition) is 0. The molecule has 14 aromatic rings. The van der Waals surface area contributed by atoms with Crippen LogP contribution in [0.2, 0.25) is 0 Å². The fraction of sp³-hybridized carbons (Fsp3) is 0. The number of hydrogen-bond acceptors (Lipinski definition) is 4. The number of benzene rings is 8. The van der Waals surface area contributed by atoms with E-state index in [1.807, 2.05) is 48.9 Å². The number of aromatic nitrogens is 7. The average Bonchev–Trinajstić information content (AvgIpc) is 4.06. The molecule has 0 aliphatic heterocycles. The average molecular weight is 882 g/mol. The van der Waals surface area contributed by atoms with E-state index in [2.05, 4.69) is 202 Å². The highest BCUT2D eigenvalue weighted by Crippen LogP contribution is 2.40. The third-order valence-corrected chi connectivity index (χ3v) is 13.6. The van der Waals surface area contributed by atoms with Crippen LogP contribution in [0.15, 0.2) is 237 Å². The Kier molecular flexibility index (Phi) is 8.75. The summed E-state index contributed by atoms with van der Waals surface area (Å²) in [4.78, 5) is 20.1. The molecule has 0 atom stereocenters. The normalized spacial score (nSPS) is 11.8. The van der Waals surface area contributed by atoms with Crippen LogP contribution in [-0.4, -0.2) is 33.6 Å². The maximum atomic E-state index is 5.25. The number of nitrogens with zero attached hydrogens (tertiary/aromatic N) is 7. The Balaban J connectivity index is 0.904. The molecule has 0 aliphatic carbocycles. The van der Waals surface area contributed by atoms with Gasteiger partial charge >= 0.3 is 0 Å². The molecule has 0 fully saturated rings.